The predicted molar refractivity (Wildman–Crippen MR) is 65.3 cm³/mol. The SMILES string of the molecule is CC1C(=O)NCCN1CCCn1ccc(N)n1. The summed E-state index contributed by atoms with van der Waals surface area (Å²) in [6.45, 7) is 5.36. The molecule has 17 heavy (non-hydrogen) atoms. The number of anilines is 1. The third-order valence-electron chi connectivity index (χ3n) is 3.12. The number of hydrogen-bond acceptors (Lipinski definition) is 4. The van der Waals surface area contributed by atoms with Crippen LogP contribution in [0, 0.1) is 0 Å². The first-order chi connectivity index (χ1) is 8.16. The molecule has 0 aliphatic carbocycles. The molecular formula is C11H19N5O. The summed E-state index contributed by atoms with van der Waals surface area (Å²) in [5.74, 6) is 0.676. The Morgan fingerprint density at radius 1 is 1.59 bits per heavy atom. The minimum absolute atomic E-state index is 0.0218. The Morgan fingerprint density at radius 2 is 2.41 bits per heavy atom. The van der Waals surface area contributed by atoms with Crippen molar-refractivity contribution in [3.8, 4) is 0 Å². The summed E-state index contributed by atoms with van der Waals surface area (Å²) in [6.07, 6.45) is 2.85. The lowest BCUT2D eigenvalue weighted by Gasteiger charge is -2.32. The molecule has 6 heteroatoms. The first-order valence-electron chi connectivity index (χ1n) is 5.97. The number of piperazine rings is 1. The molecule has 1 fully saturated rings. The molecule has 1 unspecified atom stereocenters. The van der Waals surface area contributed by atoms with Crippen LogP contribution in [0.25, 0.3) is 0 Å². The van der Waals surface area contributed by atoms with Gasteiger partial charge in [-0.1, -0.05) is 0 Å². The zero-order valence-electron chi connectivity index (χ0n) is 10.1. The number of hydrogen-bond donors (Lipinski definition) is 2. The topological polar surface area (TPSA) is 76.2 Å². The molecule has 1 aliphatic rings. The molecule has 1 saturated heterocycles. The van der Waals surface area contributed by atoms with Crippen LogP contribution in [0.4, 0.5) is 5.82 Å². The van der Waals surface area contributed by atoms with E-state index in [2.05, 4.69) is 15.3 Å². The number of nitrogen functional groups attached to an aromatic ring is 1. The molecule has 0 radical (unpaired) electrons. The number of carbonyl (C=O) groups excluding carboxylic acids is 1. The molecule has 0 spiro atoms. The fourth-order valence-electron chi connectivity index (χ4n) is 2.07. The first-order valence-corrected chi connectivity index (χ1v) is 5.97. The van der Waals surface area contributed by atoms with E-state index in [1.54, 1.807) is 6.07 Å². The van der Waals surface area contributed by atoms with Gasteiger partial charge in [0, 0.05) is 32.4 Å². The molecule has 1 aromatic heterocycles. The van der Waals surface area contributed by atoms with Crippen molar-refractivity contribution in [1.29, 1.82) is 0 Å². The summed E-state index contributed by atoms with van der Waals surface area (Å²) in [5.41, 5.74) is 5.54. The summed E-state index contributed by atoms with van der Waals surface area (Å²) < 4.78 is 1.84. The Labute approximate surface area is 101 Å². The second kappa shape index (κ2) is 5.18. The second-order valence-electron chi connectivity index (χ2n) is 4.36. The van der Waals surface area contributed by atoms with Gasteiger partial charge in [-0.05, 0) is 19.4 Å². The molecule has 3 N–H and O–H groups in total. The molecule has 2 heterocycles. The van der Waals surface area contributed by atoms with E-state index < -0.39 is 0 Å². The first kappa shape index (κ1) is 11.9. The number of aromatic nitrogens is 2. The minimum Gasteiger partial charge on any atom is -0.382 e. The Bertz CT molecular complexity index is 389. The lowest BCUT2D eigenvalue weighted by molar-refractivity contribution is -0.128. The molecule has 94 valence electrons. The van der Waals surface area contributed by atoms with Crippen LogP contribution >= 0.6 is 0 Å². The number of nitrogens with zero attached hydrogens (tertiary/aromatic N) is 3. The van der Waals surface area contributed by atoms with Crippen molar-refractivity contribution >= 4 is 11.7 Å². The number of nitrogens with two attached hydrogens (primary N) is 1. The standard InChI is InChI=1S/C11H19N5O/c1-9-11(17)13-4-8-15(9)5-2-6-16-7-3-10(12)14-16/h3,7,9H,2,4-6,8H2,1H3,(H2,12,14)(H,13,17). The monoisotopic (exact) mass is 237 g/mol. The third-order valence-corrected chi connectivity index (χ3v) is 3.12. The number of rotatable bonds is 4. The van der Waals surface area contributed by atoms with E-state index in [9.17, 15) is 4.79 Å². The van der Waals surface area contributed by atoms with Gasteiger partial charge in [-0.25, -0.2) is 0 Å². The van der Waals surface area contributed by atoms with E-state index in [1.165, 1.54) is 0 Å². The highest BCUT2D eigenvalue weighted by Gasteiger charge is 2.24. The maximum absolute atomic E-state index is 11.5. The molecule has 1 amide bonds. The Hall–Kier alpha value is -1.56. The van der Waals surface area contributed by atoms with E-state index >= 15 is 0 Å². The second-order valence-corrected chi connectivity index (χ2v) is 4.36. The number of nitrogens with one attached hydrogen (secondary N) is 1. The van der Waals surface area contributed by atoms with E-state index in [0.29, 0.717) is 5.82 Å². The fraction of sp³-hybridized carbons (Fsp3) is 0.636. The summed E-state index contributed by atoms with van der Waals surface area (Å²) in [7, 11) is 0. The largest absolute Gasteiger partial charge is 0.382 e. The van der Waals surface area contributed by atoms with Crippen molar-refractivity contribution in [2.24, 2.45) is 0 Å². The molecule has 0 saturated carbocycles. The van der Waals surface area contributed by atoms with Gasteiger partial charge in [-0.15, -0.1) is 0 Å². The lowest BCUT2D eigenvalue weighted by atomic mass is 10.2. The number of carbonyl (C=O) groups is 1. The molecule has 0 bridgehead atoms. The van der Waals surface area contributed by atoms with Crippen molar-refractivity contribution in [3.05, 3.63) is 12.3 Å². The maximum atomic E-state index is 11.5. The van der Waals surface area contributed by atoms with Gasteiger partial charge in [0.25, 0.3) is 0 Å². The van der Waals surface area contributed by atoms with Gasteiger partial charge in [0.15, 0.2) is 0 Å². The summed E-state index contributed by atoms with van der Waals surface area (Å²) in [6, 6.07) is 1.77. The van der Waals surface area contributed by atoms with Crippen molar-refractivity contribution in [3.63, 3.8) is 0 Å². The van der Waals surface area contributed by atoms with E-state index in [-0.39, 0.29) is 11.9 Å². The normalized spacial score (nSPS) is 21.5. The Morgan fingerprint density at radius 3 is 3.12 bits per heavy atom. The van der Waals surface area contributed by atoms with E-state index in [4.69, 9.17) is 5.73 Å². The van der Waals surface area contributed by atoms with Crippen molar-refractivity contribution < 1.29 is 4.79 Å². The van der Waals surface area contributed by atoms with Gasteiger partial charge in [-0.3, -0.25) is 14.4 Å². The zero-order valence-corrected chi connectivity index (χ0v) is 10.1. The van der Waals surface area contributed by atoms with Crippen molar-refractivity contribution in [2.45, 2.75) is 25.9 Å². The summed E-state index contributed by atoms with van der Waals surface area (Å²) in [5, 5.41) is 6.98. The van der Waals surface area contributed by atoms with Crippen molar-refractivity contribution in [1.82, 2.24) is 20.0 Å². The average Bonchev–Trinajstić information content (AvgIpc) is 2.70. The molecular weight excluding hydrogens is 218 g/mol. The zero-order chi connectivity index (χ0) is 12.3. The van der Waals surface area contributed by atoms with Crippen LogP contribution in [0.15, 0.2) is 12.3 Å². The lowest BCUT2D eigenvalue weighted by Crippen LogP contribution is -2.54. The quantitative estimate of drug-likeness (QED) is 0.752. The highest BCUT2D eigenvalue weighted by atomic mass is 16.2. The molecule has 1 atom stereocenters. The summed E-state index contributed by atoms with van der Waals surface area (Å²) >= 11 is 0. The van der Waals surface area contributed by atoms with Gasteiger partial charge < -0.3 is 11.1 Å². The number of aryl methyl sites for hydroxylation is 1. The van der Waals surface area contributed by atoms with Gasteiger partial charge >= 0.3 is 0 Å². The highest BCUT2D eigenvalue weighted by molar-refractivity contribution is 5.81. The summed E-state index contributed by atoms with van der Waals surface area (Å²) in [4.78, 5) is 13.7. The van der Waals surface area contributed by atoms with E-state index in [1.807, 2.05) is 17.8 Å². The van der Waals surface area contributed by atoms with E-state index in [0.717, 1.165) is 32.6 Å². The highest BCUT2D eigenvalue weighted by Crippen LogP contribution is 2.05. The van der Waals surface area contributed by atoms with Crippen LogP contribution in [0.5, 0.6) is 0 Å². The van der Waals surface area contributed by atoms with Crippen LogP contribution in [-0.4, -0.2) is 46.3 Å². The van der Waals surface area contributed by atoms with Crippen LogP contribution in [0.1, 0.15) is 13.3 Å². The average molecular weight is 237 g/mol. The Kier molecular flexibility index (Phi) is 3.63. The number of amides is 1. The third kappa shape index (κ3) is 2.97. The van der Waals surface area contributed by atoms with Crippen LogP contribution < -0.4 is 11.1 Å². The molecule has 2 rings (SSSR count). The van der Waals surface area contributed by atoms with Gasteiger partial charge in [0.2, 0.25) is 5.91 Å². The van der Waals surface area contributed by atoms with Gasteiger partial charge in [0.1, 0.15) is 5.82 Å². The maximum Gasteiger partial charge on any atom is 0.237 e. The van der Waals surface area contributed by atoms with Crippen LogP contribution in [0.2, 0.25) is 0 Å². The van der Waals surface area contributed by atoms with Crippen molar-refractivity contribution in [2.75, 3.05) is 25.4 Å². The smallest absolute Gasteiger partial charge is 0.237 e. The molecule has 0 aromatic carbocycles. The Balaban J connectivity index is 1.76. The van der Waals surface area contributed by atoms with Gasteiger partial charge in [-0.2, -0.15) is 5.10 Å². The van der Waals surface area contributed by atoms with Gasteiger partial charge in [0.05, 0.1) is 6.04 Å². The van der Waals surface area contributed by atoms with Crippen LogP contribution in [0.3, 0.4) is 0 Å². The molecule has 6 nitrogen and oxygen atoms in total. The van der Waals surface area contributed by atoms with Crippen LogP contribution in [-0.2, 0) is 11.3 Å². The predicted octanol–water partition coefficient (Wildman–Crippen LogP) is -0.324. The minimum atomic E-state index is -0.0218. The fourth-order valence-corrected chi connectivity index (χ4v) is 2.07. The molecule has 1 aromatic rings. The molecule has 1 aliphatic heterocycles.